The van der Waals surface area contributed by atoms with Crippen LogP contribution < -0.4 is 0 Å². The van der Waals surface area contributed by atoms with E-state index in [-0.39, 0.29) is 18.4 Å². The predicted octanol–water partition coefficient (Wildman–Crippen LogP) is 1.64. The van der Waals surface area contributed by atoms with Gasteiger partial charge in [-0.2, -0.15) is 5.26 Å². The van der Waals surface area contributed by atoms with Gasteiger partial charge in [0.25, 0.3) is 5.91 Å². The molecule has 1 fully saturated rings. The molecule has 0 spiro atoms. The zero-order valence-electron chi connectivity index (χ0n) is 10.4. The number of carboxylic acids is 1. The molecule has 1 unspecified atom stereocenters. The second kappa shape index (κ2) is 5.53. The average Bonchev–Trinajstić information content (AvgIpc) is 2.85. The van der Waals surface area contributed by atoms with E-state index < -0.39 is 5.97 Å². The minimum absolute atomic E-state index is 0.0241. The lowest BCUT2D eigenvalue weighted by Crippen LogP contribution is -2.36. The number of hydrogen-bond donors (Lipinski definition) is 1. The number of carbonyl (C=O) groups excluding carboxylic acids is 1. The first-order chi connectivity index (χ1) is 9.11. The van der Waals surface area contributed by atoms with Crippen molar-refractivity contribution in [2.45, 2.75) is 25.3 Å². The van der Waals surface area contributed by atoms with Crippen LogP contribution in [-0.2, 0) is 4.79 Å². The van der Waals surface area contributed by atoms with Crippen molar-refractivity contribution in [1.82, 2.24) is 4.90 Å². The van der Waals surface area contributed by atoms with Crippen molar-refractivity contribution >= 4 is 11.9 Å². The summed E-state index contributed by atoms with van der Waals surface area (Å²) in [5.74, 6) is -1.09. The third kappa shape index (κ3) is 2.91. The van der Waals surface area contributed by atoms with Crippen LogP contribution in [0, 0.1) is 11.3 Å². The molecule has 0 bridgehead atoms. The Balaban J connectivity index is 2.18. The summed E-state index contributed by atoms with van der Waals surface area (Å²) in [5.41, 5.74) is 0.871. The van der Waals surface area contributed by atoms with E-state index in [1.807, 2.05) is 6.07 Å². The molecule has 1 N–H and O–H groups in total. The predicted molar refractivity (Wildman–Crippen MR) is 67.5 cm³/mol. The molecule has 0 radical (unpaired) electrons. The molecular formula is C14H14N2O3. The Hall–Kier alpha value is -2.35. The van der Waals surface area contributed by atoms with Gasteiger partial charge in [0.05, 0.1) is 18.1 Å². The normalized spacial score (nSPS) is 18.1. The number of carbonyl (C=O) groups is 2. The van der Waals surface area contributed by atoms with E-state index in [1.54, 1.807) is 29.2 Å². The van der Waals surface area contributed by atoms with Crippen LogP contribution in [0.1, 0.15) is 35.2 Å². The van der Waals surface area contributed by atoms with E-state index in [1.165, 1.54) is 0 Å². The summed E-state index contributed by atoms with van der Waals surface area (Å²) in [7, 11) is 0. The highest BCUT2D eigenvalue weighted by molar-refractivity contribution is 5.95. The molecule has 98 valence electrons. The molecule has 1 saturated heterocycles. The van der Waals surface area contributed by atoms with Crippen LogP contribution in [-0.4, -0.2) is 34.5 Å². The van der Waals surface area contributed by atoms with Crippen LogP contribution >= 0.6 is 0 Å². The Morgan fingerprint density at radius 2 is 2.26 bits per heavy atom. The quantitative estimate of drug-likeness (QED) is 0.893. The second-order valence-electron chi connectivity index (χ2n) is 4.59. The van der Waals surface area contributed by atoms with Crippen molar-refractivity contribution in [3.8, 4) is 6.07 Å². The monoisotopic (exact) mass is 258 g/mol. The maximum Gasteiger partial charge on any atom is 0.305 e. The highest BCUT2D eigenvalue weighted by atomic mass is 16.4. The number of carboxylic acid groups (broad SMARTS) is 1. The molecule has 2 rings (SSSR count). The van der Waals surface area contributed by atoms with Crippen LogP contribution in [0.2, 0.25) is 0 Å². The largest absolute Gasteiger partial charge is 0.481 e. The second-order valence-corrected chi connectivity index (χ2v) is 4.59. The van der Waals surface area contributed by atoms with Gasteiger partial charge in [-0.1, -0.05) is 6.07 Å². The van der Waals surface area contributed by atoms with E-state index >= 15 is 0 Å². The first-order valence-electron chi connectivity index (χ1n) is 6.14. The molecule has 1 atom stereocenters. The fourth-order valence-electron chi connectivity index (χ4n) is 2.40. The van der Waals surface area contributed by atoms with Gasteiger partial charge >= 0.3 is 5.97 Å². The molecular weight excluding hydrogens is 244 g/mol. The van der Waals surface area contributed by atoms with Crippen molar-refractivity contribution in [3.63, 3.8) is 0 Å². The minimum atomic E-state index is -0.893. The zero-order valence-corrected chi connectivity index (χ0v) is 10.4. The first kappa shape index (κ1) is 13.1. The maximum absolute atomic E-state index is 12.3. The molecule has 1 amide bonds. The lowest BCUT2D eigenvalue weighted by molar-refractivity contribution is -0.137. The molecule has 1 heterocycles. The van der Waals surface area contributed by atoms with Gasteiger partial charge in [-0.05, 0) is 31.0 Å². The summed E-state index contributed by atoms with van der Waals surface area (Å²) in [5, 5.41) is 17.7. The van der Waals surface area contributed by atoms with Gasteiger partial charge < -0.3 is 10.0 Å². The van der Waals surface area contributed by atoms with Crippen LogP contribution in [0.4, 0.5) is 0 Å². The molecule has 1 aromatic rings. The average molecular weight is 258 g/mol. The Bertz CT molecular complexity index is 548. The van der Waals surface area contributed by atoms with Crippen LogP contribution in [0.15, 0.2) is 24.3 Å². The molecule has 1 aliphatic heterocycles. The summed E-state index contributed by atoms with van der Waals surface area (Å²) < 4.78 is 0. The number of aliphatic carboxylic acids is 1. The first-order valence-corrected chi connectivity index (χ1v) is 6.14. The van der Waals surface area contributed by atoms with Crippen molar-refractivity contribution in [2.75, 3.05) is 6.54 Å². The third-order valence-corrected chi connectivity index (χ3v) is 3.29. The molecule has 19 heavy (non-hydrogen) atoms. The number of likely N-dealkylation sites (tertiary alicyclic amines) is 1. The van der Waals surface area contributed by atoms with Crippen molar-refractivity contribution in [1.29, 1.82) is 5.26 Å². The topological polar surface area (TPSA) is 81.4 Å². The lowest BCUT2D eigenvalue weighted by atomic mass is 10.1. The zero-order chi connectivity index (χ0) is 13.8. The Morgan fingerprint density at radius 3 is 2.95 bits per heavy atom. The summed E-state index contributed by atoms with van der Waals surface area (Å²) in [6, 6.07) is 8.24. The molecule has 1 aromatic carbocycles. The van der Waals surface area contributed by atoms with Gasteiger partial charge in [0, 0.05) is 18.2 Å². The van der Waals surface area contributed by atoms with Gasteiger partial charge in [-0.15, -0.1) is 0 Å². The van der Waals surface area contributed by atoms with Gasteiger partial charge in [-0.25, -0.2) is 0 Å². The number of benzene rings is 1. The van der Waals surface area contributed by atoms with Crippen molar-refractivity contribution in [3.05, 3.63) is 35.4 Å². The molecule has 0 aromatic heterocycles. The van der Waals surface area contributed by atoms with Crippen LogP contribution in [0.5, 0.6) is 0 Å². The number of amides is 1. The Kier molecular flexibility index (Phi) is 3.81. The molecule has 5 heteroatoms. The van der Waals surface area contributed by atoms with E-state index in [0.717, 1.165) is 12.8 Å². The lowest BCUT2D eigenvalue weighted by Gasteiger charge is -2.23. The maximum atomic E-state index is 12.3. The fourth-order valence-corrected chi connectivity index (χ4v) is 2.40. The summed E-state index contributed by atoms with van der Waals surface area (Å²) in [6.45, 7) is 0.577. The Morgan fingerprint density at radius 1 is 1.47 bits per heavy atom. The van der Waals surface area contributed by atoms with Gasteiger partial charge in [0.15, 0.2) is 0 Å². The highest BCUT2D eigenvalue weighted by Gasteiger charge is 2.30. The summed E-state index contributed by atoms with van der Waals surface area (Å²) >= 11 is 0. The molecule has 5 nitrogen and oxygen atoms in total. The van der Waals surface area contributed by atoms with Crippen LogP contribution in [0.3, 0.4) is 0 Å². The van der Waals surface area contributed by atoms with Crippen molar-refractivity contribution in [2.24, 2.45) is 0 Å². The molecule has 0 saturated carbocycles. The van der Waals surface area contributed by atoms with E-state index in [9.17, 15) is 9.59 Å². The number of nitrogens with zero attached hydrogens (tertiary/aromatic N) is 2. The SMILES string of the molecule is N#Cc1cccc(C(=O)N2CCCC2CC(=O)O)c1. The van der Waals surface area contributed by atoms with E-state index in [2.05, 4.69) is 0 Å². The molecule has 1 aliphatic rings. The van der Waals surface area contributed by atoms with E-state index in [4.69, 9.17) is 10.4 Å². The van der Waals surface area contributed by atoms with Crippen molar-refractivity contribution < 1.29 is 14.7 Å². The number of hydrogen-bond acceptors (Lipinski definition) is 3. The van der Waals surface area contributed by atoms with Crippen LogP contribution in [0.25, 0.3) is 0 Å². The Labute approximate surface area is 111 Å². The van der Waals surface area contributed by atoms with Gasteiger partial charge in [0.2, 0.25) is 0 Å². The van der Waals surface area contributed by atoms with E-state index in [0.29, 0.717) is 17.7 Å². The van der Waals surface area contributed by atoms with Gasteiger partial charge in [0.1, 0.15) is 0 Å². The van der Waals surface area contributed by atoms with Gasteiger partial charge in [-0.3, -0.25) is 9.59 Å². The fraction of sp³-hybridized carbons (Fsp3) is 0.357. The standard InChI is InChI=1S/C14H14N2O3/c15-9-10-3-1-4-11(7-10)14(19)16-6-2-5-12(16)8-13(17)18/h1,3-4,7,12H,2,5-6,8H2,(H,17,18). The highest BCUT2D eigenvalue weighted by Crippen LogP contribution is 2.22. The smallest absolute Gasteiger partial charge is 0.305 e. The number of rotatable bonds is 3. The minimum Gasteiger partial charge on any atom is -0.481 e. The summed E-state index contributed by atoms with van der Waals surface area (Å²) in [4.78, 5) is 24.7. The third-order valence-electron chi connectivity index (χ3n) is 3.29. The summed E-state index contributed by atoms with van der Waals surface area (Å²) in [6.07, 6.45) is 1.52. The number of nitriles is 1. The molecule has 0 aliphatic carbocycles.